The molecule has 0 fully saturated rings. The number of nitrogens with one attached hydrogen (secondary N) is 4. The number of aliphatic imine (C=N–C) groups is 2. The van der Waals surface area contributed by atoms with E-state index < -0.39 is 0 Å². The van der Waals surface area contributed by atoms with E-state index in [1.807, 2.05) is 30.3 Å². The number of rotatable bonds is 11. The van der Waals surface area contributed by atoms with Crippen molar-refractivity contribution in [1.82, 2.24) is 4.98 Å². The molecule has 11 heteroatoms. The van der Waals surface area contributed by atoms with Crippen molar-refractivity contribution in [3.05, 3.63) is 277 Å². The number of anilines is 7. The molecule has 77 heavy (non-hydrogen) atoms. The Labute approximate surface area is 447 Å². The maximum Gasteiger partial charge on any atom is 0.239 e. The molecule has 0 saturated heterocycles. The molecule has 0 spiro atoms. The van der Waals surface area contributed by atoms with Crippen molar-refractivity contribution < 1.29 is 4.57 Å². The zero-order chi connectivity index (χ0) is 51.2. The molecule has 14 rings (SSSR count). The molecule has 4 unspecified atom stereocenters. The van der Waals surface area contributed by atoms with E-state index >= 15 is 0 Å². The molecule has 0 bridgehead atoms. The molecular formula is C66H54N11+. The van der Waals surface area contributed by atoms with E-state index in [1.165, 1.54) is 0 Å². The fourth-order valence-corrected chi connectivity index (χ4v) is 11.5. The minimum atomic E-state index is -0.0744. The molecule has 2 aliphatic heterocycles. The molecule has 0 radical (unpaired) electrons. The van der Waals surface area contributed by atoms with Crippen molar-refractivity contribution in [1.29, 1.82) is 0 Å². The van der Waals surface area contributed by atoms with E-state index in [0.29, 0.717) is 0 Å². The van der Waals surface area contributed by atoms with Crippen LogP contribution in [0.3, 0.4) is 0 Å². The number of hydrogen-bond acceptors (Lipinski definition) is 10. The number of nitrogens with two attached hydrogens (primary N) is 1. The normalized spacial score (nSPS) is 20.1. The van der Waals surface area contributed by atoms with E-state index in [1.54, 1.807) is 0 Å². The van der Waals surface area contributed by atoms with E-state index in [-0.39, 0.29) is 24.2 Å². The molecule has 372 valence electrons. The van der Waals surface area contributed by atoms with Crippen LogP contribution in [0.15, 0.2) is 287 Å². The third kappa shape index (κ3) is 8.93. The SMILES string of the molecule is Nc1ccc(NC2=CC3C(=NC4=CC=C(Nc5ccc6nc7ccc(NC8=CC=C9N=C%10C=CC(Nc%11ccccc%11)=CC%10N(c%10ccccc%10)C9C8)cc7[n+](-c7ccccc7)c6c5)CC4N3c3ccccc3)C=C2)cc1. The zero-order valence-corrected chi connectivity index (χ0v) is 42.1. The van der Waals surface area contributed by atoms with Crippen LogP contribution in [0.5, 0.6) is 0 Å². The lowest BCUT2D eigenvalue weighted by atomic mass is 9.91. The van der Waals surface area contributed by atoms with Crippen LogP contribution < -0.4 is 41.4 Å². The molecule has 8 aromatic rings. The maximum absolute atomic E-state index is 6.01. The van der Waals surface area contributed by atoms with E-state index in [4.69, 9.17) is 20.7 Å². The van der Waals surface area contributed by atoms with Crippen molar-refractivity contribution in [2.24, 2.45) is 9.98 Å². The Balaban J connectivity index is 0.764. The van der Waals surface area contributed by atoms with Gasteiger partial charge in [-0.3, -0.25) is 9.98 Å². The van der Waals surface area contributed by atoms with Gasteiger partial charge in [0.2, 0.25) is 16.7 Å². The van der Waals surface area contributed by atoms with Crippen LogP contribution in [-0.4, -0.2) is 40.6 Å². The average Bonchev–Trinajstić information content (AvgIpc) is 3.49. The second-order valence-corrected chi connectivity index (χ2v) is 20.0. The number of para-hydroxylation sites is 4. The first-order valence-electron chi connectivity index (χ1n) is 26.3. The van der Waals surface area contributed by atoms with Gasteiger partial charge in [-0.05, 0) is 146 Å². The van der Waals surface area contributed by atoms with Crippen LogP contribution in [0.1, 0.15) is 12.8 Å². The summed E-state index contributed by atoms with van der Waals surface area (Å²) in [5, 5.41) is 14.9. The highest BCUT2D eigenvalue weighted by molar-refractivity contribution is 6.07. The highest BCUT2D eigenvalue weighted by atomic mass is 15.3. The second-order valence-electron chi connectivity index (χ2n) is 20.0. The summed E-state index contributed by atoms with van der Waals surface area (Å²) in [5.41, 5.74) is 26.3. The molecule has 4 atom stereocenters. The Kier molecular flexibility index (Phi) is 11.5. The molecule has 6 N–H and O–H groups in total. The van der Waals surface area contributed by atoms with Crippen LogP contribution in [0.2, 0.25) is 0 Å². The number of allylic oxidation sites excluding steroid dienone is 6. The number of fused-ring (bicyclic) bond motifs is 6. The molecule has 3 heterocycles. The number of nitrogens with zero attached hydrogens (tertiary/aromatic N) is 6. The van der Waals surface area contributed by atoms with Crippen LogP contribution in [0.25, 0.3) is 27.8 Å². The Morgan fingerprint density at radius 1 is 0.442 bits per heavy atom. The smallest absolute Gasteiger partial charge is 0.239 e. The standard InChI is InChI=1S/C66H53N11/c67-43-21-23-45(24-22-43)69-47-26-32-56-62(38-47)76(53-17-9-3-10-18-53)64-40-49(28-34-58(64)73-56)71-51-30-36-60-66(42-51)77(54-19-11-4-12-20-54)65-41-50(29-35-59(65)74-60)70-48-27-33-57-63(39-48)75(52-15-7-2-8-16-52)61-37-46(25-31-55(61)72-57)68-44-13-5-1-6-14-44/h1-38,41-42,61-64,68H,39-40H2,(H4,67,69,70,71,74)/p+1. The van der Waals surface area contributed by atoms with E-state index in [2.05, 4.69) is 248 Å². The lowest BCUT2D eigenvalue weighted by Crippen LogP contribution is -2.52. The highest BCUT2D eigenvalue weighted by Crippen LogP contribution is 2.40. The summed E-state index contributed by atoms with van der Waals surface area (Å²) in [6, 6.07) is 63.0. The number of benzene rings is 7. The van der Waals surface area contributed by atoms with Crippen molar-refractivity contribution in [3.63, 3.8) is 0 Å². The third-order valence-electron chi connectivity index (χ3n) is 15.0. The van der Waals surface area contributed by atoms with Gasteiger partial charge in [0, 0.05) is 99.7 Å². The van der Waals surface area contributed by atoms with Crippen LogP contribution in [-0.2, 0) is 0 Å². The van der Waals surface area contributed by atoms with Gasteiger partial charge >= 0.3 is 0 Å². The Hall–Kier alpha value is -10.0. The van der Waals surface area contributed by atoms with Crippen molar-refractivity contribution in [2.75, 3.05) is 36.8 Å². The molecule has 11 nitrogen and oxygen atoms in total. The minimum absolute atomic E-state index is 0.00664. The number of aromatic nitrogens is 2. The minimum Gasteiger partial charge on any atom is -0.399 e. The summed E-state index contributed by atoms with van der Waals surface area (Å²) < 4.78 is 2.33. The topological polar surface area (TPSA) is 122 Å². The van der Waals surface area contributed by atoms with Crippen molar-refractivity contribution in [2.45, 2.75) is 37.0 Å². The molecule has 6 aliphatic rings. The van der Waals surface area contributed by atoms with Crippen LogP contribution in [0.4, 0.5) is 39.8 Å². The lowest BCUT2D eigenvalue weighted by molar-refractivity contribution is -0.538. The van der Waals surface area contributed by atoms with Gasteiger partial charge in [-0.15, -0.1) is 4.57 Å². The molecular weight excluding hydrogens is 947 g/mol. The molecule has 0 saturated carbocycles. The fourth-order valence-electron chi connectivity index (χ4n) is 11.5. The summed E-state index contributed by atoms with van der Waals surface area (Å²) >= 11 is 0. The first kappa shape index (κ1) is 45.6. The predicted molar refractivity (Wildman–Crippen MR) is 316 cm³/mol. The molecule has 7 aromatic carbocycles. The average molecular weight is 1000 g/mol. The molecule has 0 amide bonds. The van der Waals surface area contributed by atoms with Gasteiger partial charge in [-0.1, -0.05) is 72.8 Å². The second kappa shape index (κ2) is 19.4. The first-order chi connectivity index (χ1) is 38.0. The van der Waals surface area contributed by atoms with Gasteiger partial charge in [-0.2, -0.15) is 0 Å². The predicted octanol–water partition coefficient (Wildman–Crippen LogP) is 12.9. The van der Waals surface area contributed by atoms with Gasteiger partial charge in [-0.25, -0.2) is 4.98 Å². The quantitative estimate of drug-likeness (QED) is 0.0493. The summed E-state index contributed by atoms with van der Waals surface area (Å²) in [6.45, 7) is 0. The summed E-state index contributed by atoms with van der Waals surface area (Å²) in [7, 11) is 0. The highest BCUT2D eigenvalue weighted by Gasteiger charge is 2.39. The van der Waals surface area contributed by atoms with Gasteiger partial charge in [0.1, 0.15) is 11.0 Å². The zero-order valence-electron chi connectivity index (χ0n) is 42.1. The first-order valence-corrected chi connectivity index (χ1v) is 26.3. The van der Waals surface area contributed by atoms with E-state index in [9.17, 15) is 0 Å². The monoisotopic (exact) mass is 1000 g/mol. The Morgan fingerprint density at radius 2 is 0.883 bits per heavy atom. The van der Waals surface area contributed by atoms with E-state index in [0.717, 1.165) is 126 Å². The van der Waals surface area contributed by atoms with Crippen molar-refractivity contribution >= 4 is 73.3 Å². The number of nitrogen functional groups attached to an aromatic ring is 1. The lowest BCUT2D eigenvalue weighted by Gasteiger charge is -2.45. The Morgan fingerprint density at radius 3 is 1.38 bits per heavy atom. The summed E-state index contributed by atoms with van der Waals surface area (Å²) in [4.78, 5) is 20.8. The van der Waals surface area contributed by atoms with Gasteiger partial charge < -0.3 is 36.8 Å². The Bertz CT molecular complexity index is 3940. The maximum atomic E-state index is 6.01. The largest absolute Gasteiger partial charge is 0.399 e. The molecule has 4 aliphatic carbocycles. The van der Waals surface area contributed by atoms with Gasteiger partial charge in [0.25, 0.3) is 0 Å². The van der Waals surface area contributed by atoms with Gasteiger partial charge in [0.05, 0.1) is 47.0 Å². The van der Waals surface area contributed by atoms with Gasteiger partial charge in [0.15, 0.2) is 0 Å². The summed E-state index contributed by atoms with van der Waals surface area (Å²) in [6.07, 6.45) is 23.3. The van der Waals surface area contributed by atoms with Crippen LogP contribution >= 0.6 is 0 Å². The summed E-state index contributed by atoms with van der Waals surface area (Å²) in [5.74, 6) is 0. The molecule has 1 aromatic heterocycles. The third-order valence-corrected chi connectivity index (χ3v) is 15.0. The van der Waals surface area contributed by atoms with Crippen LogP contribution in [0, 0.1) is 0 Å². The fraction of sp³-hybridized carbons (Fsp3) is 0.0909. The van der Waals surface area contributed by atoms with Crippen molar-refractivity contribution in [3.8, 4) is 5.69 Å². The number of hydrogen-bond donors (Lipinski definition) is 5.